The third-order valence-electron chi connectivity index (χ3n) is 5.27. The summed E-state index contributed by atoms with van der Waals surface area (Å²) in [5.74, 6) is 0.997. The smallest absolute Gasteiger partial charge is 0.157 e. The summed E-state index contributed by atoms with van der Waals surface area (Å²) in [7, 11) is 0. The van der Waals surface area contributed by atoms with Crippen molar-refractivity contribution in [1.82, 2.24) is 0 Å². The van der Waals surface area contributed by atoms with Crippen LogP contribution in [-0.4, -0.2) is 26.1 Å². The van der Waals surface area contributed by atoms with E-state index in [2.05, 4.69) is 31.2 Å². The molecule has 1 aromatic rings. The lowest BCUT2D eigenvalue weighted by molar-refractivity contribution is -0.162. The van der Waals surface area contributed by atoms with Gasteiger partial charge in [-0.25, -0.2) is 0 Å². The van der Waals surface area contributed by atoms with Crippen LogP contribution in [0.2, 0.25) is 0 Å². The average molecular weight is 377 g/mol. The Morgan fingerprint density at radius 1 is 0.778 bits per heavy atom. The second kappa shape index (κ2) is 14.9. The predicted molar refractivity (Wildman–Crippen MR) is 112 cm³/mol. The van der Waals surface area contributed by atoms with Gasteiger partial charge in [0.15, 0.2) is 6.29 Å². The van der Waals surface area contributed by atoms with Crippen LogP contribution in [-0.2, 0) is 9.47 Å². The molecule has 0 amide bonds. The topological polar surface area (TPSA) is 27.7 Å². The molecule has 1 aromatic carbocycles. The molecular weight excluding hydrogens is 336 g/mol. The van der Waals surface area contributed by atoms with Crippen LogP contribution in [0.1, 0.15) is 89.0 Å². The largest absolute Gasteiger partial charge is 0.494 e. The van der Waals surface area contributed by atoms with Crippen LogP contribution < -0.4 is 4.74 Å². The zero-order valence-electron chi connectivity index (χ0n) is 17.4. The highest BCUT2D eigenvalue weighted by molar-refractivity contribution is 5.26. The number of rotatable bonds is 15. The number of hydrogen-bond acceptors (Lipinski definition) is 3. The average Bonchev–Trinajstić information content (AvgIpc) is 2.70. The Hall–Kier alpha value is -1.06. The first-order valence-electron chi connectivity index (χ1n) is 11.3. The van der Waals surface area contributed by atoms with Crippen molar-refractivity contribution in [1.29, 1.82) is 0 Å². The fraction of sp³-hybridized carbons (Fsp3) is 0.750. The summed E-state index contributed by atoms with van der Waals surface area (Å²) >= 11 is 0. The Balaban J connectivity index is 1.27. The summed E-state index contributed by atoms with van der Waals surface area (Å²) in [6.07, 6.45) is 16.7. The molecule has 27 heavy (non-hydrogen) atoms. The predicted octanol–water partition coefficient (Wildman–Crippen LogP) is 6.82. The van der Waals surface area contributed by atoms with Gasteiger partial charge in [-0.3, -0.25) is 0 Å². The van der Waals surface area contributed by atoms with Crippen LogP contribution in [0.3, 0.4) is 0 Å². The maximum absolute atomic E-state index is 5.78. The summed E-state index contributed by atoms with van der Waals surface area (Å²) in [5, 5.41) is 0. The van der Waals surface area contributed by atoms with Gasteiger partial charge in [-0.05, 0) is 51.2 Å². The van der Waals surface area contributed by atoms with Crippen LogP contribution in [0, 0.1) is 6.92 Å². The van der Waals surface area contributed by atoms with Gasteiger partial charge < -0.3 is 14.2 Å². The van der Waals surface area contributed by atoms with Crippen molar-refractivity contribution in [3.63, 3.8) is 0 Å². The van der Waals surface area contributed by atoms with E-state index in [0.29, 0.717) is 0 Å². The molecule has 1 aliphatic heterocycles. The molecule has 0 bridgehead atoms. The van der Waals surface area contributed by atoms with E-state index in [-0.39, 0.29) is 6.29 Å². The molecule has 0 spiro atoms. The molecule has 1 heterocycles. The van der Waals surface area contributed by atoms with Gasteiger partial charge in [0.1, 0.15) is 5.75 Å². The number of hydrogen-bond donors (Lipinski definition) is 0. The molecule has 154 valence electrons. The van der Waals surface area contributed by atoms with Crippen LogP contribution in [0.25, 0.3) is 0 Å². The number of ether oxygens (including phenoxy) is 3. The van der Waals surface area contributed by atoms with Gasteiger partial charge in [0.05, 0.1) is 6.61 Å². The fourth-order valence-electron chi connectivity index (χ4n) is 3.50. The molecule has 1 unspecified atom stereocenters. The molecule has 1 fully saturated rings. The van der Waals surface area contributed by atoms with E-state index in [1.165, 1.54) is 82.6 Å². The van der Waals surface area contributed by atoms with Crippen molar-refractivity contribution in [2.24, 2.45) is 0 Å². The molecule has 1 aliphatic rings. The zero-order chi connectivity index (χ0) is 19.0. The second-order valence-corrected chi connectivity index (χ2v) is 7.86. The molecule has 0 saturated carbocycles. The number of benzene rings is 1. The van der Waals surface area contributed by atoms with E-state index in [4.69, 9.17) is 14.2 Å². The molecule has 0 N–H and O–H groups in total. The van der Waals surface area contributed by atoms with Gasteiger partial charge in [0, 0.05) is 13.2 Å². The fourth-order valence-corrected chi connectivity index (χ4v) is 3.50. The van der Waals surface area contributed by atoms with Gasteiger partial charge in [-0.2, -0.15) is 0 Å². The Bertz CT molecular complexity index is 451. The summed E-state index contributed by atoms with van der Waals surface area (Å²) in [6, 6.07) is 8.33. The minimum absolute atomic E-state index is 0.0843. The first-order valence-corrected chi connectivity index (χ1v) is 11.3. The minimum atomic E-state index is 0.0843. The quantitative estimate of drug-likeness (QED) is 0.314. The van der Waals surface area contributed by atoms with E-state index < -0.39 is 0 Å². The van der Waals surface area contributed by atoms with E-state index in [0.717, 1.165) is 32.0 Å². The second-order valence-electron chi connectivity index (χ2n) is 7.86. The monoisotopic (exact) mass is 376 g/mol. The van der Waals surface area contributed by atoms with Gasteiger partial charge in [-0.1, -0.05) is 69.1 Å². The molecule has 3 heteroatoms. The lowest BCUT2D eigenvalue weighted by Crippen LogP contribution is -2.22. The van der Waals surface area contributed by atoms with Gasteiger partial charge in [0.25, 0.3) is 0 Å². The Morgan fingerprint density at radius 2 is 1.37 bits per heavy atom. The highest BCUT2D eigenvalue weighted by atomic mass is 16.7. The number of aryl methyl sites for hydroxylation is 1. The molecule has 0 aromatic heterocycles. The van der Waals surface area contributed by atoms with Crippen molar-refractivity contribution in [3.8, 4) is 5.75 Å². The van der Waals surface area contributed by atoms with E-state index >= 15 is 0 Å². The van der Waals surface area contributed by atoms with Gasteiger partial charge >= 0.3 is 0 Å². The molecular formula is C24H40O3. The van der Waals surface area contributed by atoms with Crippen LogP contribution in [0.4, 0.5) is 0 Å². The highest BCUT2D eigenvalue weighted by Crippen LogP contribution is 2.15. The zero-order valence-corrected chi connectivity index (χ0v) is 17.4. The molecule has 1 atom stereocenters. The van der Waals surface area contributed by atoms with E-state index in [1.807, 2.05) is 0 Å². The molecule has 0 radical (unpaired) electrons. The summed E-state index contributed by atoms with van der Waals surface area (Å²) in [6.45, 7) is 4.70. The Kier molecular flexibility index (Phi) is 12.3. The van der Waals surface area contributed by atoms with Crippen molar-refractivity contribution in [3.05, 3.63) is 29.8 Å². The maximum Gasteiger partial charge on any atom is 0.157 e. The third-order valence-corrected chi connectivity index (χ3v) is 5.27. The normalized spacial score (nSPS) is 17.1. The standard InChI is InChI=1S/C24H40O3/c1-22-15-17-23(18-16-22)25-19-11-8-6-4-2-3-5-7-9-12-20-26-24-14-10-13-21-27-24/h15-18,24H,2-14,19-21H2,1H3. The van der Waals surface area contributed by atoms with Crippen molar-refractivity contribution in [2.45, 2.75) is 96.7 Å². The van der Waals surface area contributed by atoms with Crippen molar-refractivity contribution < 1.29 is 14.2 Å². The Morgan fingerprint density at radius 3 is 1.96 bits per heavy atom. The molecule has 2 rings (SSSR count). The SMILES string of the molecule is Cc1ccc(OCCCCCCCCCCCCOC2CCCCO2)cc1. The lowest BCUT2D eigenvalue weighted by atomic mass is 10.1. The third kappa shape index (κ3) is 11.4. The van der Waals surface area contributed by atoms with Crippen LogP contribution in [0.15, 0.2) is 24.3 Å². The van der Waals surface area contributed by atoms with Crippen molar-refractivity contribution in [2.75, 3.05) is 19.8 Å². The van der Waals surface area contributed by atoms with Gasteiger partial charge in [-0.15, -0.1) is 0 Å². The first kappa shape index (κ1) is 22.2. The van der Waals surface area contributed by atoms with Crippen LogP contribution >= 0.6 is 0 Å². The Labute approximate surface area is 166 Å². The van der Waals surface area contributed by atoms with Crippen LogP contribution in [0.5, 0.6) is 5.75 Å². The molecule has 0 aliphatic carbocycles. The highest BCUT2D eigenvalue weighted by Gasteiger charge is 2.13. The maximum atomic E-state index is 5.78. The molecule has 3 nitrogen and oxygen atoms in total. The summed E-state index contributed by atoms with van der Waals surface area (Å²) in [5.41, 5.74) is 1.28. The minimum Gasteiger partial charge on any atom is -0.494 e. The van der Waals surface area contributed by atoms with E-state index in [1.54, 1.807) is 0 Å². The lowest BCUT2D eigenvalue weighted by Gasteiger charge is -2.22. The summed E-state index contributed by atoms with van der Waals surface area (Å²) in [4.78, 5) is 0. The summed E-state index contributed by atoms with van der Waals surface area (Å²) < 4.78 is 17.1. The first-order chi connectivity index (χ1) is 13.3. The van der Waals surface area contributed by atoms with E-state index in [9.17, 15) is 0 Å². The molecule has 1 saturated heterocycles. The van der Waals surface area contributed by atoms with Crippen molar-refractivity contribution >= 4 is 0 Å². The van der Waals surface area contributed by atoms with Gasteiger partial charge in [0.2, 0.25) is 0 Å². The number of unbranched alkanes of at least 4 members (excludes halogenated alkanes) is 9.